The van der Waals surface area contributed by atoms with Crippen LogP contribution in [-0.4, -0.2) is 28.8 Å². The summed E-state index contributed by atoms with van der Waals surface area (Å²) in [5.74, 6) is -0.233. The van der Waals surface area contributed by atoms with Gasteiger partial charge in [0, 0.05) is 19.2 Å². The van der Waals surface area contributed by atoms with Crippen LogP contribution >= 0.6 is 15.9 Å². The second kappa shape index (κ2) is 5.91. The molecule has 0 saturated carbocycles. The Balaban J connectivity index is 3.16. The Bertz CT molecular complexity index is 538. The smallest absolute Gasteiger partial charge is 0.284 e. The first kappa shape index (κ1) is 16.6. The fraction of sp³-hybridized carbons (Fsp3) is 0.500. The molecule has 0 aliphatic heterocycles. The molecule has 20 heavy (non-hydrogen) atoms. The summed E-state index contributed by atoms with van der Waals surface area (Å²) in [4.78, 5) is 24.5. The summed E-state index contributed by atoms with van der Waals surface area (Å²) in [6.07, 6.45) is 0. The molecule has 0 heterocycles. The molecule has 1 aromatic carbocycles. The molecule has 0 aliphatic rings. The van der Waals surface area contributed by atoms with E-state index in [1.807, 2.05) is 27.7 Å². The van der Waals surface area contributed by atoms with Crippen molar-refractivity contribution >= 4 is 27.5 Å². The Hall–Kier alpha value is -1.43. The number of halogens is 1. The maximum absolute atomic E-state index is 12.5. The SMILES string of the molecule is CC(N(C)C(=O)c1cccc([N+](=O)[O-])c1Br)C(C)(C)C. The van der Waals surface area contributed by atoms with Crippen molar-refractivity contribution in [3.05, 3.63) is 38.3 Å². The monoisotopic (exact) mass is 342 g/mol. The Morgan fingerprint density at radius 1 is 1.40 bits per heavy atom. The van der Waals surface area contributed by atoms with Crippen LogP contribution in [0.2, 0.25) is 0 Å². The number of nitro benzene ring substituents is 1. The summed E-state index contributed by atoms with van der Waals surface area (Å²) in [6.45, 7) is 8.10. The number of carbonyl (C=O) groups is 1. The summed E-state index contributed by atoms with van der Waals surface area (Å²) in [7, 11) is 1.71. The van der Waals surface area contributed by atoms with Crippen molar-refractivity contribution < 1.29 is 9.72 Å². The van der Waals surface area contributed by atoms with E-state index in [2.05, 4.69) is 15.9 Å². The second-order valence-electron chi connectivity index (χ2n) is 5.85. The first-order valence-electron chi connectivity index (χ1n) is 6.27. The van der Waals surface area contributed by atoms with Gasteiger partial charge in [-0.25, -0.2) is 0 Å². The number of amides is 1. The van der Waals surface area contributed by atoms with E-state index in [4.69, 9.17) is 0 Å². The van der Waals surface area contributed by atoms with Crippen LogP contribution in [0.3, 0.4) is 0 Å². The van der Waals surface area contributed by atoms with Gasteiger partial charge in [0.2, 0.25) is 0 Å². The van der Waals surface area contributed by atoms with Crippen molar-refractivity contribution in [2.75, 3.05) is 7.05 Å². The quantitative estimate of drug-likeness (QED) is 0.618. The fourth-order valence-corrected chi connectivity index (χ4v) is 2.35. The number of nitrogens with zero attached hydrogens (tertiary/aromatic N) is 2. The lowest BCUT2D eigenvalue weighted by Gasteiger charge is -2.35. The van der Waals surface area contributed by atoms with Crippen molar-refractivity contribution in [1.29, 1.82) is 0 Å². The minimum Gasteiger partial charge on any atom is -0.338 e. The molecule has 1 aromatic rings. The standard InChI is InChI=1S/C14H19BrN2O3/c1-9(14(2,3)4)16(5)13(18)10-7-6-8-11(12(10)15)17(19)20/h6-9H,1-5H3. The van der Waals surface area contributed by atoms with Crippen molar-refractivity contribution in [1.82, 2.24) is 4.90 Å². The molecule has 110 valence electrons. The number of nitro groups is 1. The Morgan fingerprint density at radius 3 is 2.40 bits per heavy atom. The molecule has 1 atom stereocenters. The highest BCUT2D eigenvalue weighted by Crippen LogP contribution is 2.31. The second-order valence-corrected chi connectivity index (χ2v) is 6.65. The number of carbonyl (C=O) groups excluding carboxylic acids is 1. The average Bonchev–Trinajstić information content (AvgIpc) is 2.35. The lowest BCUT2D eigenvalue weighted by Crippen LogP contribution is -2.43. The number of hydrogen-bond acceptors (Lipinski definition) is 3. The highest BCUT2D eigenvalue weighted by molar-refractivity contribution is 9.10. The van der Waals surface area contributed by atoms with Crippen molar-refractivity contribution in [2.45, 2.75) is 33.7 Å². The third kappa shape index (κ3) is 3.36. The molecular weight excluding hydrogens is 324 g/mol. The zero-order valence-electron chi connectivity index (χ0n) is 12.3. The van der Waals surface area contributed by atoms with Gasteiger partial charge in [-0.3, -0.25) is 14.9 Å². The molecule has 0 aliphatic carbocycles. The Kier molecular flexibility index (Phi) is 4.91. The topological polar surface area (TPSA) is 63.5 Å². The largest absolute Gasteiger partial charge is 0.338 e. The molecule has 0 saturated heterocycles. The lowest BCUT2D eigenvalue weighted by atomic mass is 9.87. The maximum atomic E-state index is 12.5. The van der Waals surface area contributed by atoms with E-state index < -0.39 is 4.92 Å². The molecule has 5 nitrogen and oxygen atoms in total. The van der Waals surface area contributed by atoms with Gasteiger partial charge in [0.05, 0.1) is 10.5 Å². The highest BCUT2D eigenvalue weighted by Gasteiger charge is 2.29. The van der Waals surface area contributed by atoms with Crippen LogP contribution in [0.4, 0.5) is 5.69 Å². The summed E-state index contributed by atoms with van der Waals surface area (Å²) in [6, 6.07) is 4.48. The van der Waals surface area contributed by atoms with E-state index >= 15 is 0 Å². The van der Waals surface area contributed by atoms with E-state index in [1.165, 1.54) is 12.1 Å². The summed E-state index contributed by atoms with van der Waals surface area (Å²) >= 11 is 3.16. The molecular formula is C14H19BrN2O3. The molecule has 0 radical (unpaired) electrons. The summed E-state index contributed by atoms with van der Waals surface area (Å²) in [5, 5.41) is 10.9. The third-order valence-electron chi connectivity index (χ3n) is 3.56. The predicted molar refractivity (Wildman–Crippen MR) is 81.8 cm³/mol. The average molecular weight is 343 g/mol. The van der Waals surface area contributed by atoms with E-state index in [1.54, 1.807) is 18.0 Å². The van der Waals surface area contributed by atoms with E-state index in [-0.39, 0.29) is 27.5 Å². The van der Waals surface area contributed by atoms with Crippen LogP contribution in [-0.2, 0) is 0 Å². The molecule has 0 aromatic heterocycles. The first-order valence-corrected chi connectivity index (χ1v) is 7.06. The minimum atomic E-state index is -0.506. The van der Waals surface area contributed by atoms with Gasteiger partial charge < -0.3 is 4.90 Å². The van der Waals surface area contributed by atoms with E-state index in [0.717, 1.165) is 0 Å². The zero-order valence-corrected chi connectivity index (χ0v) is 13.9. The molecule has 0 fully saturated rings. The van der Waals surface area contributed by atoms with Crippen LogP contribution in [0.5, 0.6) is 0 Å². The Labute approximate surface area is 127 Å². The van der Waals surface area contributed by atoms with Crippen molar-refractivity contribution in [2.24, 2.45) is 5.41 Å². The van der Waals surface area contributed by atoms with Crippen molar-refractivity contribution in [3.63, 3.8) is 0 Å². The van der Waals surface area contributed by atoms with Gasteiger partial charge in [-0.15, -0.1) is 0 Å². The van der Waals surface area contributed by atoms with Gasteiger partial charge in [-0.1, -0.05) is 26.8 Å². The van der Waals surface area contributed by atoms with E-state index in [0.29, 0.717) is 5.56 Å². The molecule has 0 spiro atoms. The zero-order chi connectivity index (χ0) is 15.7. The van der Waals surface area contributed by atoms with Gasteiger partial charge in [-0.05, 0) is 34.3 Å². The molecule has 0 N–H and O–H groups in total. The van der Waals surface area contributed by atoms with Crippen LogP contribution in [0.1, 0.15) is 38.1 Å². The van der Waals surface area contributed by atoms with Gasteiger partial charge in [-0.2, -0.15) is 0 Å². The fourth-order valence-electron chi connectivity index (χ4n) is 1.77. The maximum Gasteiger partial charge on any atom is 0.284 e. The van der Waals surface area contributed by atoms with Crippen LogP contribution in [0.15, 0.2) is 22.7 Å². The lowest BCUT2D eigenvalue weighted by molar-refractivity contribution is -0.385. The third-order valence-corrected chi connectivity index (χ3v) is 4.39. The first-order chi connectivity index (χ1) is 9.07. The molecule has 6 heteroatoms. The number of benzene rings is 1. The highest BCUT2D eigenvalue weighted by atomic mass is 79.9. The normalized spacial score (nSPS) is 12.9. The van der Waals surface area contributed by atoms with Gasteiger partial charge in [0.15, 0.2) is 0 Å². The van der Waals surface area contributed by atoms with Gasteiger partial charge in [0.1, 0.15) is 4.47 Å². The number of rotatable bonds is 3. The summed E-state index contributed by atoms with van der Waals surface area (Å²) in [5.41, 5.74) is 0.128. The van der Waals surface area contributed by atoms with Crippen LogP contribution < -0.4 is 0 Å². The number of hydrogen-bond donors (Lipinski definition) is 0. The summed E-state index contributed by atoms with van der Waals surface area (Å²) < 4.78 is 0.225. The Morgan fingerprint density at radius 2 is 1.95 bits per heavy atom. The molecule has 1 rings (SSSR count). The predicted octanol–water partition coefficient (Wildman–Crippen LogP) is 3.86. The molecule has 0 bridgehead atoms. The van der Waals surface area contributed by atoms with Gasteiger partial charge >= 0.3 is 0 Å². The van der Waals surface area contributed by atoms with Crippen LogP contribution in [0, 0.1) is 15.5 Å². The minimum absolute atomic E-state index is 0.00108. The molecule has 1 unspecified atom stereocenters. The molecule has 1 amide bonds. The van der Waals surface area contributed by atoms with Crippen LogP contribution in [0.25, 0.3) is 0 Å². The van der Waals surface area contributed by atoms with Crippen molar-refractivity contribution in [3.8, 4) is 0 Å². The van der Waals surface area contributed by atoms with Gasteiger partial charge in [0.25, 0.3) is 11.6 Å². The van der Waals surface area contributed by atoms with E-state index in [9.17, 15) is 14.9 Å².